The quantitative estimate of drug-likeness (QED) is 0.932. The predicted molar refractivity (Wildman–Crippen MR) is 78.9 cm³/mol. The van der Waals surface area contributed by atoms with E-state index < -0.39 is 0 Å². The number of hydrogen-bond donors (Lipinski definition) is 1. The monoisotopic (exact) mass is 335 g/mol. The summed E-state index contributed by atoms with van der Waals surface area (Å²) < 4.78 is 17.6. The first-order valence-corrected chi connectivity index (χ1v) is 7.05. The van der Waals surface area contributed by atoms with Crippen LogP contribution in [0.25, 0.3) is 0 Å². The van der Waals surface area contributed by atoms with Gasteiger partial charge in [0.15, 0.2) is 11.5 Å². The van der Waals surface area contributed by atoms with Crippen molar-refractivity contribution in [2.75, 3.05) is 6.79 Å². The Hall–Kier alpha value is -1.72. The molecule has 0 saturated heterocycles. The van der Waals surface area contributed by atoms with Gasteiger partial charge in [-0.05, 0) is 23.8 Å². The summed E-state index contributed by atoms with van der Waals surface area (Å²) in [4.78, 5) is 0. The third-order valence-corrected chi connectivity index (χ3v) is 3.61. The van der Waals surface area contributed by atoms with Crippen molar-refractivity contribution in [3.8, 4) is 17.2 Å². The van der Waals surface area contributed by atoms with Gasteiger partial charge in [-0.2, -0.15) is 0 Å². The molecule has 4 nitrogen and oxygen atoms in total. The van der Waals surface area contributed by atoms with E-state index in [0.717, 1.165) is 27.1 Å². The number of ether oxygens (including phenoxy) is 3. The van der Waals surface area contributed by atoms with E-state index in [2.05, 4.69) is 15.9 Å². The number of benzene rings is 2. The minimum Gasteiger partial charge on any atom is -0.488 e. The van der Waals surface area contributed by atoms with Crippen LogP contribution in [0.1, 0.15) is 11.1 Å². The Balaban J connectivity index is 1.78. The largest absolute Gasteiger partial charge is 0.488 e. The molecule has 2 N–H and O–H groups in total. The van der Waals surface area contributed by atoms with Crippen LogP contribution in [0.4, 0.5) is 0 Å². The lowest BCUT2D eigenvalue weighted by Crippen LogP contribution is -2.03. The lowest BCUT2D eigenvalue weighted by molar-refractivity contribution is 0.173. The minimum atomic E-state index is 0.246. The Morgan fingerprint density at radius 3 is 2.50 bits per heavy atom. The number of fused-ring (bicyclic) bond motifs is 1. The van der Waals surface area contributed by atoms with Crippen LogP contribution in [-0.4, -0.2) is 6.79 Å². The zero-order chi connectivity index (χ0) is 13.9. The molecule has 0 aromatic heterocycles. The molecule has 0 saturated carbocycles. The van der Waals surface area contributed by atoms with Gasteiger partial charge in [-0.25, -0.2) is 0 Å². The number of hydrogen-bond acceptors (Lipinski definition) is 4. The van der Waals surface area contributed by atoms with Gasteiger partial charge < -0.3 is 19.9 Å². The van der Waals surface area contributed by atoms with Crippen molar-refractivity contribution in [2.45, 2.75) is 13.2 Å². The van der Waals surface area contributed by atoms with Crippen LogP contribution in [-0.2, 0) is 13.2 Å². The van der Waals surface area contributed by atoms with E-state index in [1.165, 1.54) is 0 Å². The van der Waals surface area contributed by atoms with Crippen LogP contribution in [0.5, 0.6) is 17.2 Å². The van der Waals surface area contributed by atoms with Gasteiger partial charge in [-0.3, -0.25) is 0 Å². The maximum atomic E-state index is 5.85. The normalized spacial score (nSPS) is 12.5. The van der Waals surface area contributed by atoms with E-state index >= 15 is 0 Å². The van der Waals surface area contributed by atoms with E-state index in [4.69, 9.17) is 19.9 Å². The van der Waals surface area contributed by atoms with Gasteiger partial charge in [0.05, 0.1) is 0 Å². The van der Waals surface area contributed by atoms with Crippen molar-refractivity contribution in [1.82, 2.24) is 0 Å². The molecule has 2 aromatic rings. The topological polar surface area (TPSA) is 53.7 Å². The Bertz CT molecular complexity index is 613. The summed E-state index contributed by atoms with van der Waals surface area (Å²) >= 11 is 3.41. The highest BCUT2D eigenvalue weighted by atomic mass is 79.9. The molecule has 1 heterocycles. The van der Waals surface area contributed by atoms with Gasteiger partial charge in [-0.1, -0.05) is 28.1 Å². The van der Waals surface area contributed by atoms with Crippen molar-refractivity contribution in [3.05, 3.63) is 52.0 Å². The summed E-state index contributed by atoms with van der Waals surface area (Å²) in [5.41, 5.74) is 7.75. The molecule has 1 aliphatic heterocycles. The first kappa shape index (κ1) is 13.3. The van der Waals surface area contributed by atoms with Crippen molar-refractivity contribution < 1.29 is 14.2 Å². The second kappa shape index (κ2) is 5.73. The van der Waals surface area contributed by atoms with E-state index in [-0.39, 0.29) is 6.79 Å². The predicted octanol–water partition coefficient (Wildman–Crippen LogP) is 3.22. The fourth-order valence-electron chi connectivity index (χ4n) is 2.00. The molecule has 0 spiro atoms. The fraction of sp³-hybridized carbons (Fsp3) is 0.200. The van der Waals surface area contributed by atoms with Crippen LogP contribution >= 0.6 is 15.9 Å². The molecule has 2 aromatic carbocycles. The van der Waals surface area contributed by atoms with Crippen LogP contribution in [0, 0.1) is 0 Å². The molecule has 0 amide bonds. The molecular weight excluding hydrogens is 322 g/mol. The Morgan fingerprint density at radius 1 is 1.10 bits per heavy atom. The minimum absolute atomic E-state index is 0.246. The van der Waals surface area contributed by atoms with Gasteiger partial charge in [0.2, 0.25) is 6.79 Å². The SMILES string of the molecule is NCc1cc2c(cc1OCc1ccc(Br)cc1)OCO2. The van der Waals surface area contributed by atoms with Gasteiger partial charge in [0.25, 0.3) is 0 Å². The average Bonchev–Trinajstić information content (AvgIpc) is 2.92. The second-order valence-corrected chi connectivity index (χ2v) is 5.35. The standard InChI is InChI=1S/C15H14BrNO3/c16-12-3-1-10(2-4-12)8-18-13-6-15-14(19-9-20-15)5-11(13)7-17/h1-6H,7-9,17H2. The molecule has 3 rings (SSSR count). The molecule has 104 valence electrons. The summed E-state index contributed by atoms with van der Waals surface area (Å²) in [6.07, 6.45) is 0. The molecule has 5 heteroatoms. The van der Waals surface area contributed by atoms with E-state index in [1.54, 1.807) is 0 Å². The molecule has 0 bridgehead atoms. The lowest BCUT2D eigenvalue weighted by Gasteiger charge is -2.11. The maximum absolute atomic E-state index is 5.85. The van der Waals surface area contributed by atoms with Crippen LogP contribution in [0.3, 0.4) is 0 Å². The van der Waals surface area contributed by atoms with E-state index in [1.807, 2.05) is 36.4 Å². The smallest absolute Gasteiger partial charge is 0.231 e. The molecule has 0 fully saturated rings. The van der Waals surface area contributed by atoms with Crippen molar-refractivity contribution >= 4 is 15.9 Å². The molecule has 0 radical (unpaired) electrons. The third kappa shape index (κ3) is 2.73. The van der Waals surface area contributed by atoms with Crippen molar-refractivity contribution in [2.24, 2.45) is 5.73 Å². The summed E-state index contributed by atoms with van der Waals surface area (Å²) in [5, 5.41) is 0. The molecular formula is C15H14BrNO3. The molecule has 20 heavy (non-hydrogen) atoms. The Kier molecular flexibility index (Phi) is 3.80. The van der Waals surface area contributed by atoms with Gasteiger partial charge in [0.1, 0.15) is 12.4 Å². The molecule has 0 atom stereocenters. The van der Waals surface area contributed by atoms with Crippen molar-refractivity contribution in [1.29, 1.82) is 0 Å². The first-order chi connectivity index (χ1) is 9.76. The third-order valence-electron chi connectivity index (χ3n) is 3.08. The number of rotatable bonds is 4. The zero-order valence-corrected chi connectivity index (χ0v) is 12.4. The fourth-order valence-corrected chi connectivity index (χ4v) is 2.27. The summed E-state index contributed by atoms with van der Waals surface area (Å²) in [5.74, 6) is 2.16. The Morgan fingerprint density at radius 2 is 1.80 bits per heavy atom. The summed E-state index contributed by atoms with van der Waals surface area (Å²) in [7, 11) is 0. The zero-order valence-electron chi connectivity index (χ0n) is 10.8. The summed E-state index contributed by atoms with van der Waals surface area (Å²) in [6.45, 7) is 1.13. The second-order valence-electron chi connectivity index (χ2n) is 4.43. The highest BCUT2D eigenvalue weighted by molar-refractivity contribution is 9.10. The summed E-state index contributed by atoms with van der Waals surface area (Å²) in [6, 6.07) is 11.7. The maximum Gasteiger partial charge on any atom is 0.231 e. The van der Waals surface area contributed by atoms with E-state index in [0.29, 0.717) is 18.9 Å². The van der Waals surface area contributed by atoms with Gasteiger partial charge in [0, 0.05) is 22.6 Å². The van der Waals surface area contributed by atoms with Gasteiger partial charge >= 0.3 is 0 Å². The lowest BCUT2D eigenvalue weighted by atomic mass is 10.1. The average molecular weight is 336 g/mol. The van der Waals surface area contributed by atoms with Crippen molar-refractivity contribution in [3.63, 3.8) is 0 Å². The highest BCUT2D eigenvalue weighted by Crippen LogP contribution is 2.38. The number of nitrogens with two attached hydrogens (primary N) is 1. The highest BCUT2D eigenvalue weighted by Gasteiger charge is 2.17. The van der Waals surface area contributed by atoms with Crippen LogP contribution in [0.15, 0.2) is 40.9 Å². The van der Waals surface area contributed by atoms with E-state index in [9.17, 15) is 0 Å². The van der Waals surface area contributed by atoms with Gasteiger partial charge in [-0.15, -0.1) is 0 Å². The van der Waals surface area contributed by atoms with Crippen LogP contribution in [0.2, 0.25) is 0 Å². The van der Waals surface area contributed by atoms with Crippen LogP contribution < -0.4 is 19.9 Å². The molecule has 0 aliphatic carbocycles. The molecule has 0 unspecified atom stereocenters. The first-order valence-electron chi connectivity index (χ1n) is 6.26. The number of halogens is 1. The Labute approximate surface area is 125 Å². The molecule has 1 aliphatic rings.